The van der Waals surface area contributed by atoms with Crippen LogP contribution in [0.1, 0.15) is 13.8 Å². The summed E-state index contributed by atoms with van der Waals surface area (Å²) in [7, 11) is 0. The van der Waals surface area contributed by atoms with E-state index in [1.54, 1.807) is 6.26 Å². The second kappa shape index (κ2) is 4.21. The number of nitrogens with zero attached hydrogens (tertiary/aromatic N) is 1. The minimum Gasteiger partial charge on any atom is -0.464 e. The van der Waals surface area contributed by atoms with Crippen LogP contribution in [0.3, 0.4) is 0 Å². The van der Waals surface area contributed by atoms with Crippen molar-refractivity contribution in [3.05, 3.63) is 34.9 Å². The zero-order valence-electron chi connectivity index (χ0n) is 9.32. The topological polar surface area (TPSA) is 53.5 Å². The van der Waals surface area contributed by atoms with Gasteiger partial charge in [0.15, 0.2) is 6.07 Å². The average molecular weight is 213 g/mol. The molecule has 3 rings (SSSR count). The van der Waals surface area contributed by atoms with Crippen molar-refractivity contribution in [2.24, 2.45) is 0 Å². The second-order valence-corrected chi connectivity index (χ2v) is 3.26. The summed E-state index contributed by atoms with van der Waals surface area (Å²) in [5, 5.41) is 13.8. The SMILES string of the molecule is CC.N#CC1=c2cc3ccoc3cc2=C[NH2+]1. The summed E-state index contributed by atoms with van der Waals surface area (Å²) in [6.07, 6.45) is 3.60. The van der Waals surface area contributed by atoms with Crippen molar-refractivity contribution >= 4 is 22.9 Å². The first-order valence-corrected chi connectivity index (χ1v) is 5.35. The smallest absolute Gasteiger partial charge is 0.220 e. The summed E-state index contributed by atoms with van der Waals surface area (Å²) < 4.78 is 5.29. The van der Waals surface area contributed by atoms with Crippen LogP contribution in [0.2, 0.25) is 0 Å². The number of furan rings is 1. The second-order valence-electron chi connectivity index (χ2n) is 3.26. The predicted octanol–water partition coefficient (Wildman–Crippen LogP) is 0.406. The molecule has 0 unspecified atom stereocenters. The number of hydrogen-bond donors (Lipinski definition) is 1. The number of quaternary nitrogens is 1. The number of hydrogen-bond acceptors (Lipinski definition) is 2. The molecule has 1 aliphatic rings. The quantitative estimate of drug-likeness (QED) is 0.689. The van der Waals surface area contributed by atoms with E-state index in [-0.39, 0.29) is 0 Å². The number of benzene rings is 1. The molecular formula is C13H13N2O+. The van der Waals surface area contributed by atoms with Crippen LogP contribution < -0.4 is 15.8 Å². The Balaban J connectivity index is 0.000000457. The van der Waals surface area contributed by atoms with Crippen LogP contribution in [-0.4, -0.2) is 0 Å². The lowest BCUT2D eigenvalue weighted by Gasteiger charge is -1.85. The summed E-state index contributed by atoms with van der Waals surface area (Å²) in [5.41, 5.74) is 1.59. The lowest BCUT2D eigenvalue weighted by Crippen LogP contribution is -2.72. The third-order valence-corrected chi connectivity index (χ3v) is 2.46. The first-order valence-electron chi connectivity index (χ1n) is 5.35. The van der Waals surface area contributed by atoms with Gasteiger partial charge in [0.2, 0.25) is 5.70 Å². The van der Waals surface area contributed by atoms with Gasteiger partial charge in [0.05, 0.1) is 11.5 Å². The third-order valence-electron chi connectivity index (χ3n) is 2.46. The maximum absolute atomic E-state index is 8.87. The molecule has 16 heavy (non-hydrogen) atoms. The molecule has 0 saturated heterocycles. The van der Waals surface area contributed by atoms with Gasteiger partial charge in [-0.15, -0.1) is 0 Å². The van der Waals surface area contributed by atoms with Gasteiger partial charge in [-0.2, -0.15) is 5.26 Å². The van der Waals surface area contributed by atoms with E-state index in [1.807, 2.05) is 43.6 Å². The molecule has 1 aromatic heterocycles. The van der Waals surface area contributed by atoms with Crippen molar-refractivity contribution in [2.45, 2.75) is 13.8 Å². The number of fused-ring (bicyclic) bond motifs is 2. The van der Waals surface area contributed by atoms with Gasteiger partial charge in [-0.25, -0.2) is 0 Å². The van der Waals surface area contributed by atoms with E-state index in [1.165, 1.54) is 0 Å². The van der Waals surface area contributed by atoms with Gasteiger partial charge in [-0.05, 0) is 18.2 Å². The van der Waals surface area contributed by atoms with E-state index in [2.05, 4.69) is 6.07 Å². The minimum absolute atomic E-state index is 0.725. The lowest BCUT2D eigenvalue weighted by molar-refractivity contribution is -0.443. The fourth-order valence-electron chi connectivity index (χ4n) is 1.76. The first-order chi connectivity index (χ1) is 7.88. The van der Waals surface area contributed by atoms with Crippen molar-refractivity contribution < 1.29 is 9.73 Å². The molecule has 3 heteroatoms. The van der Waals surface area contributed by atoms with Gasteiger partial charge < -0.3 is 4.42 Å². The summed E-state index contributed by atoms with van der Waals surface area (Å²) in [6.45, 7) is 4.00. The molecule has 0 saturated carbocycles. The van der Waals surface area contributed by atoms with Gasteiger partial charge in [-0.1, -0.05) is 13.8 Å². The highest BCUT2D eigenvalue weighted by Crippen LogP contribution is 2.10. The van der Waals surface area contributed by atoms with E-state index < -0.39 is 0 Å². The molecule has 80 valence electrons. The summed E-state index contributed by atoms with van der Waals surface area (Å²) >= 11 is 0. The van der Waals surface area contributed by atoms with Gasteiger partial charge in [0.1, 0.15) is 11.8 Å². The monoisotopic (exact) mass is 213 g/mol. The summed E-state index contributed by atoms with van der Waals surface area (Å²) in [6, 6.07) is 8.04. The van der Waals surface area contributed by atoms with Gasteiger partial charge >= 0.3 is 0 Å². The highest BCUT2D eigenvalue weighted by Gasteiger charge is 2.10. The van der Waals surface area contributed by atoms with Crippen molar-refractivity contribution in [2.75, 3.05) is 0 Å². The van der Waals surface area contributed by atoms with E-state index in [4.69, 9.17) is 9.68 Å². The molecule has 0 fully saturated rings. The van der Waals surface area contributed by atoms with E-state index in [9.17, 15) is 0 Å². The van der Waals surface area contributed by atoms with Crippen LogP contribution in [0, 0.1) is 11.3 Å². The molecule has 0 bridgehead atoms. The van der Waals surface area contributed by atoms with Crippen LogP contribution in [0.5, 0.6) is 0 Å². The summed E-state index contributed by atoms with van der Waals surface area (Å²) in [4.78, 5) is 0. The number of rotatable bonds is 0. The van der Waals surface area contributed by atoms with Crippen LogP contribution in [-0.2, 0) is 0 Å². The Morgan fingerprint density at radius 3 is 2.88 bits per heavy atom. The molecular weight excluding hydrogens is 200 g/mol. The highest BCUT2D eigenvalue weighted by atomic mass is 16.3. The zero-order valence-corrected chi connectivity index (χ0v) is 9.32. The molecule has 2 N–H and O–H groups in total. The Bertz CT molecular complexity index is 674. The van der Waals surface area contributed by atoms with Gasteiger partial charge in [0, 0.05) is 10.6 Å². The molecule has 0 radical (unpaired) electrons. The van der Waals surface area contributed by atoms with E-state index >= 15 is 0 Å². The Morgan fingerprint density at radius 1 is 1.31 bits per heavy atom. The van der Waals surface area contributed by atoms with Crippen molar-refractivity contribution in [3.8, 4) is 6.07 Å². The highest BCUT2D eigenvalue weighted by molar-refractivity contribution is 5.78. The normalized spacial score (nSPS) is 12.4. The Morgan fingerprint density at radius 2 is 2.12 bits per heavy atom. The minimum atomic E-state index is 0.725. The molecule has 0 amide bonds. The van der Waals surface area contributed by atoms with E-state index in [0.29, 0.717) is 0 Å². The number of nitrogens with two attached hydrogens (primary N) is 1. The Hall–Kier alpha value is -2.05. The van der Waals surface area contributed by atoms with Crippen molar-refractivity contribution in [1.82, 2.24) is 0 Å². The molecule has 0 aliphatic carbocycles. The standard InChI is InChI=1S/C11H6N2O.C2H6/c12-5-10-9-3-7-1-2-14-11(7)4-8(9)6-13-10;1-2/h1-4,6,13H;1-2H3/p+1. The van der Waals surface area contributed by atoms with Crippen LogP contribution in [0.4, 0.5) is 0 Å². The van der Waals surface area contributed by atoms with Gasteiger partial charge in [-0.3, -0.25) is 5.32 Å². The molecule has 2 aromatic rings. The Labute approximate surface area is 93.3 Å². The van der Waals surface area contributed by atoms with Crippen LogP contribution in [0.25, 0.3) is 22.9 Å². The van der Waals surface area contributed by atoms with Crippen LogP contribution in [0.15, 0.2) is 28.9 Å². The number of nitriles is 1. The largest absolute Gasteiger partial charge is 0.464 e. The molecule has 1 aliphatic heterocycles. The molecule has 2 heterocycles. The molecule has 0 spiro atoms. The zero-order chi connectivity index (χ0) is 11.5. The predicted molar refractivity (Wildman–Crippen MR) is 62.2 cm³/mol. The molecule has 3 nitrogen and oxygen atoms in total. The fraction of sp³-hybridized carbons (Fsp3) is 0.154. The van der Waals surface area contributed by atoms with Crippen LogP contribution >= 0.6 is 0 Å². The average Bonchev–Trinajstić information content (AvgIpc) is 2.93. The first kappa shape index (κ1) is 10.5. The lowest BCUT2D eigenvalue weighted by atomic mass is 10.2. The van der Waals surface area contributed by atoms with Gasteiger partial charge in [0.25, 0.3) is 0 Å². The van der Waals surface area contributed by atoms with Crippen molar-refractivity contribution in [1.29, 1.82) is 5.26 Å². The third kappa shape index (κ3) is 1.50. The summed E-state index contributed by atoms with van der Waals surface area (Å²) in [5.74, 6) is 0. The maximum atomic E-state index is 8.87. The fourth-order valence-corrected chi connectivity index (χ4v) is 1.76. The Kier molecular flexibility index (Phi) is 2.76. The molecule has 1 aromatic carbocycles. The molecule has 0 atom stereocenters. The maximum Gasteiger partial charge on any atom is 0.220 e. The van der Waals surface area contributed by atoms with E-state index in [0.717, 1.165) is 27.1 Å². The van der Waals surface area contributed by atoms with Crippen molar-refractivity contribution in [3.63, 3.8) is 0 Å².